The molecule has 0 saturated heterocycles. The minimum Gasteiger partial charge on any atom is -0.368 e. The van der Waals surface area contributed by atoms with E-state index in [1.165, 1.54) is 0 Å². The Morgan fingerprint density at radius 3 is 2.87 bits per heavy atom. The van der Waals surface area contributed by atoms with E-state index in [0.29, 0.717) is 5.56 Å². The van der Waals surface area contributed by atoms with Crippen LogP contribution in [-0.2, 0) is 11.3 Å². The maximum absolute atomic E-state index is 10.8. The third-order valence-corrected chi connectivity index (χ3v) is 2.26. The molecule has 0 saturated carbocycles. The van der Waals surface area contributed by atoms with Crippen molar-refractivity contribution in [1.29, 1.82) is 0 Å². The molecule has 0 aliphatic heterocycles. The van der Waals surface area contributed by atoms with Gasteiger partial charge in [0.05, 0.1) is 0 Å². The Bertz CT molecular complexity index is 528. The predicted octanol–water partition coefficient (Wildman–Crippen LogP) is 0.939. The summed E-state index contributed by atoms with van der Waals surface area (Å²) in [4.78, 5) is 21.3. The summed E-state index contributed by atoms with van der Waals surface area (Å²) in [6.07, 6.45) is 2.58. The highest BCUT2D eigenvalue weighted by atomic mass is 16.1. The lowest BCUT2D eigenvalue weighted by Crippen LogP contribution is -2.17. The molecule has 0 fully saturated rings. The molecule has 1 amide bonds. The van der Waals surface area contributed by atoms with Crippen molar-refractivity contribution in [3.8, 4) is 0 Å². The van der Waals surface area contributed by atoms with Crippen LogP contribution in [0.5, 0.6) is 0 Å². The summed E-state index contributed by atoms with van der Waals surface area (Å²) in [5.74, 6) is -0.382. The van der Waals surface area contributed by atoms with E-state index in [2.05, 4.69) is 0 Å². The highest BCUT2D eigenvalue weighted by Crippen LogP contribution is 2.16. The van der Waals surface area contributed by atoms with Crippen LogP contribution in [0.2, 0.25) is 0 Å². The molecule has 1 heterocycles. The molecule has 0 aliphatic carbocycles. The number of rotatable bonds is 3. The Morgan fingerprint density at radius 1 is 1.40 bits per heavy atom. The molecule has 2 rings (SSSR count). The number of fused-ring (bicyclic) bond motifs is 1. The zero-order valence-corrected chi connectivity index (χ0v) is 8.01. The molecule has 2 N–H and O–H groups in total. The van der Waals surface area contributed by atoms with Crippen LogP contribution in [0, 0.1) is 0 Å². The fourth-order valence-corrected chi connectivity index (χ4v) is 1.60. The number of carbonyl (C=O) groups is 2. The van der Waals surface area contributed by atoms with Crippen LogP contribution in [0.1, 0.15) is 10.4 Å². The highest BCUT2D eigenvalue weighted by Gasteiger charge is 2.03. The lowest BCUT2D eigenvalue weighted by molar-refractivity contribution is -0.118. The lowest BCUT2D eigenvalue weighted by Gasteiger charge is -2.01. The average molecular weight is 202 g/mol. The van der Waals surface area contributed by atoms with E-state index in [9.17, 15) is 9.59 Å². The van der Waals surface area contributed by atoms with Gasteiger partial charge in [0, 0.05) is 22.7 Å². The average Bonchev–Trinajstić information content (AvgIpc) is 2.60. The molecule has 2 aromatic rings. The van der Waals surface area contributed by atoms with Gasteiger partial charge in [-0.1, -0.05) is 0 Å². The van der Waals surface area contributed by atoms with E-state index < -0.39 is 0 Å². The SMILES string of the molecule is NC(=O)Cn1ccc2cc(C=O)ccc21. The minimum atomic E-state index is -0.382. The molecule has 0 unspecified atom stereocenters. The van der Waals surface area contributed by atoms with E-state index >= 15 is 0 Å². The van der Waals surface area contributed by atoms with Crippen LogP contribution in [0.15, 0.2) is 30.5 Å². The van der Waals surface area contributed by atoms with Gasteiger partial charge in [-0.3, -0.25) is 9.59 Å². The lowest BCUT2D eigenvalue weighted by atomic mass is 10.2. The molecule has 0 spiro atoms. The first-order valence-corrected chi connectivity index (χ1v) is 4.53. The fraction of sp³-hybridized carbons (Fsp3) is 0.0909. The Kier molecular flexibility index (Phi) is 2.25. The number of nitrogens with zero attached hydrogens (tertiary/aromatic N) is 1. The first-order chi connectivity index (χ1) is 7.20. The zero-order chi connectivity index (χ0) is 10.8. The molecule has 15 heavy (non-hydrogen) atoms. The van der Waals surface area contributed by atoms with E-state index in [4.69, 9.17) is 5.73 Å². The maximum atomic E-state index is 10.8. The van der Waals surface area contributed by atoms with Gasteiger partial charge in [-0.05, 0) is 24.3 Å². The number of nitrogens with two attached hydrogens (primary N) is 1. The van der Waals surface area contributed by atoms with Gasteiger partial charge in [0.1, 0.15) is 12.8 Å². The first-order valence-electron chi connectivity index (χ1n) is 4.53. The summed E-state index contributed by atoms with van der Waals surface area (Å²) < 4.78 is 1.76. The van der Waals surface area contributed by atoms with Gasteiger partial charge >= 0.3 is 0 Å². The monoisotopic (exact) mass is 202 g/mol. The minimum absolute atomic E-state index is 0.157. The summed E-state index contributed by atoms with van der Waals surface area (Å²) in [6.45, 7) is 0.157. The maximum Gasteiger partial charge on any atom is 0.237 e. The number of amides is 1. The summed E-state index contributed by atoms with van der Waals surface area (Å²) in [5.41, 5.74) is 6.64. The molecule has 0 radical (unpaired) electrons. The molecular formula is C11H10N2O2. The summed E-state index contributed by atoms with van der Waals surface area (Å²) in [5, 5.41) is 0.931. The Morgan fingerprint density at radius 2 is 2.20 bits per heavy atom. The number of carbonyl (C=O) groups excluding carboxylic acids is 2. The Balaban J connectivity index is 2.51. The quantitative estimate of drug-likeness (QED) is 0.753. The summed E-state index contributed by atoms with van der Waals surface area (Å²) in [7, 11) is 0. The standard InChI is InChI=1S/C11H10N2O2/c12-11(15)6-13-4-3-9-5-8(7-14)1-2-10(9)13/h1-5,7H,6H2,(H2,12,15). The van der Waals surface area contributed by atoms with E-state index in [1.807, 2.05) is 12.1 Å². The number of primary amides is 1. The van der Waals surface area contributed by atoms with Crippen LogP contribution in [0.4, 0.5) is 0 Å². The van der Waals surface area contributed by atoms with Gasteiger partial charge in [-0.2, -0.15) is 0 Å². The third kappa shape index (κ3) is 1.74. The van der Waals surface area contributed by atoms with Crippen LogP contribution in [-0.4, -0.2) is 16.8 Å². The van der Waals surface area contributed by atoms with Crippen molar-refractivity contribution in [2.75, 3.05) is 0 Å². The number of benzene rings is 1. The van der Waals surface area contributed by atoms with Crippen LogP contribution in [0.3, 0.4) is 0 Å². The number of aromatic nitrogens is 1. The second-order valence-corrected chi connectivity index (χ2v) is 3.35. The van der Waals surface area contributed by atoms with Crippen molar-refractivity contribution in [3.05, 3.63) is 36.0 Å². The fourth-order valence-electron chi connectivity index (χ4n) is 1.60. The van der Waals surface area contributed by atoms with Crippen molar-refractivity contribution in [3.63, 3.8) is 0 Å². The number of hydrogen-bond donors (Lipinski definition) is 1. The van der Waals surface area contributed by atoms with Crippen LogP contribution < -0.4 is 5.73 Å². The van der Waals surface area contributed by atoms with E-state index in [1.54, 1.807) is 22.9 Å². The topological polar surface area (TPSA) is 65.1 Å². The molecule has 0 bridgehead atoms. The van der Waals surface area contributed by atoms with E-state index in [0.717, 1.165) is 17.2 Å². The van der Waals surface area contributed by atoms with Crippen LogP contribution in [0.25, 0.3) is 10.9 Å². The van der Waals surface area contributed by atoms with Gasteiger partial charge in [-0.15, -0.1) is 0 Å². The van der Waals surface area contributed by atoms with Crippen LogP contribution >= 0.6 is 0 Å². The molecule has 0 atom stereocenters. The largest absolute Gasteiger partial charge is 0.368 e. The summed E-state index contributed by atoms with van der Waals surface area (Å²) in [6, 6.07) is 7.15. The first kappa shape index (κ1) is 9.45. The number of aldehydes is 1. The third-order valence-electron chi connectivity index (χ3n) is 2.26. The Labute approximate surface area is 86.3 Å². The van der Waals surface area contributed by atoms with Crippen molar-refractivity contribution < 1.29 is 9.59 Å². The van der Waals surface area contributed by atoms with Gasteiger partial charge in [0.25, 0.3) is 0 Å². The van der Waals surface area contributed by atoms with Crippen molar-refractivity contribution in [1.82, 2.24) is 4.57 Å². The summed E-state index contributed by atoms with van der Waals surface area (Å²) >= 11 is 0. The molecule has 1 aromatic heterocycles. The van der Waals surface area contributed by atoms with E-state index in [-0.39, 0.29) is 12.5 Å². The second kappa shape index (κ2) is 3.57. The molecule has 76 valence electrons. The molecule has 1 aromatic carbocycles. The van der Waals surface area contributed by atoms with Gasteiger partial charge < -0.3 is 10.3 Å². The zero-order valence-electron chi connectivity index (χ0n) is 8.01. The smallest absolute Gasteiger partial charge is 0.237 e. The van der Waals surface area contributed by atoms with Gasteiger partial charge in [0.2, 0.25) is 5.91 Å². The van der Waals surface area contributed by atoms with Gasteiger partial charge in [-0.25, -0.2) is 0 Å². The van der Waals surface area contributed by atoms with Gasteiger partial charge in [0.15, 0.2) is 0 Å². The van der Waals surface area contributed by atoms with Crippen molar-refractivity contribution in [2.24, 2.45) is 5.73 Å². The number of hydrogen-bond acceptors (Lipinski definition) is 2. The second-order valence-electron chi connectivity index (χ2n) is 3.35. The van der Waals surface area contributed by atoms with Crippen molar-refractivity contribution in [2.45, 2.75) is 6.54 Å². The molecule has 0 aliphatic rings. The molecule has 4 heteroatoms. The molecule has 4 nitrogen and oxygen atoms in total. The predicted molar refractivity (Wildman–Crippen MR) is 56.5 cm³/mol. The highest BCUT2D eigenvalue weighted by molar-refractivity contribution is 5.88. The Hall–Kier alpha value is -2.10. The van der Waals surface area contributed by atoms with Crippen molar-refractivity contribution >= 4 is 23.1 Å². The molecular weight excluding hydrogens is 192 g/mol. The normalized spacial score (nSPS) is 10.4.